The fraction of sp³-hybridized carbons (Fsp3) is 0.500. The number of nitrogens with one attached hydrogen (secondary N) is 1. The second-order valence-corrected chi connectivity index (χ2v) is 6.67. The van der Waals surface area contributed by atoms with Crippen LogP contribution in [0.4, 0.5) is 0 Å². The highest BCUT2D eigenvalue weighted by Gasteiger charge is 2.25. The van der Waals surface area contributed by atoms with Crippen molar-refractivity contribution in [1.82, 2.24) is 24.8 Å². The van der Waals surface area contributed by atoms with Gasteiger partial charge in [-0.25, -0.2) is 15.0 Å². The lowest BCUT2D eigenvalue weighted by molar-refractivity contribution is -0.0247. The van der Waals surface area contributed by atoms with E-state index >= 15 is 0 Å². The van der Waals surface area contributed by atoms with Crippen molar-refractivity contribution in [3.05, 3.63) is 52.2 Å². The molecule has 1 atom stereocenters. The van der Waals surface area contributed by atoms with Crippen molar-refractivity contribution in [3.63, 3.8) is 0 Å². The van der Waals surface area contributed by atoms with E-state index in [1.54, 1.807) is 17.3 Å². The zero-order valence-electron chi connectivity index (χ0n) is 15.0. The first kappa shape index (κ1) is 18.2. The highest BCUT2D eigenvalue weighted by Crippen LogP contribution is 2.15. The zero-order chi connectivity index (χ0) is 18.5. The summed E-state index contributed by atoms with van der Waals surface area (Å²) in [5.74, 6) is 0.875. The van der Waals surface area contributed by atoms with Gasteiger partial charge in [-0.2, -0.15) is 0 Å². The Bertz CT molecular complexity index is 803. The first-order valence-electron chi connectivity index (χ1n) is 8.79. The monoisotopic (exact) mass is 357 g/mol. The summed E-state index contributed by atoms with van der Waals surface area (Å²) < 4.78 is 5.76. The van der Waals surface area contributed by atoms with Gasteiger partial charge < -0.3 is 14.6 Å². The van der Waals surface area contributed by atoms with Gasteiger partial charge in [0.1, 0.15) is 5.82 Å². The first-order chi connectivity index (χ1) is 12.5. The molecule has 1 fully saturated rings. The largest absolute Gasteiger partial charge is 0.375 e. The van der Waals surface area contributed by atoms with Crippen molar-refractivity contribution in [1.29, 1.82) is 0 Å². The average molecular weight is 357 g/mol. The van der Waals surface area contributed by atoms with Crippen LogP contribution in [0.25, 0.3) is 0 Å². The molecule has 0 bridgehead atoms. The van der Waals surface area contributed by atoms with Crippen molar-refractivity contribution in [2.75, 3.05) is 19.7 Å². The van der Waals surface area contributed by atoms with Gasteiger partial charge in [0.2, 0.25) is 0 Å². The average Bonchev–Trinajstić information content (AvgIpc) is 2.66. The van der Waals surface area contributed by atoms with Gasteiger partial charge in [-0.05, 0) is 12.8 Å². The third-order valence-electron chi connectivity index (χ3n) is 4.32. The van der Waals surface area contributed by atoms with Gasteiger partial charge in [-0.15, -0.1) is 0 Å². The van der Waals surface area contributed by atoms with Crippen LogP contribution in [-0.2, 0) is 11.2 Å². The molecule has 2 aromatic heterocycles. The highest BCUT2D eigenvalue weighted by atomic mass is 16.5. The molecular formula is C18H23N5O3. The van der Waals surface area contributed by atoms with Crippen LogP contribution in [-0.4, -0.2) is 56.5 Å². The SMILES string of the molecule is CC(C)c1ncc(C(=O)N2CCO[C@H](CCc3cc(=O)[nH]cn3)C2)cn1. The molecule has 138 valence electrons. The van der Waals surface area contributed by atoms with Gasteiger partial charge in [0.15, 0.2) is 0 Å². The molecule has 1 saturated heterocycles. The molecule has 3 rings (SSSR count). The number of hydrogen-bond donors (Lipinski definition) is 1. The summed E-state index contributed by atoms with van der Waals surface area (Å²) >= 11 is 0. The fourth-order valence-corrected chi connectivity index (χ4v) is 2.86. The minimum absolute atomic E-state index is 0.0790. The molecule has 0 radical (unpaired) electrons. The van der Waals surface area contributed by atoms with Crippen molar-refractivity contribution in [2.24, 2.45) is 0 Å². The van der Waals surface area contributed by atoms with Crippen LogP contribution >= 0.6 is 0 Å². The van der Waals surface area contributed by atoms with Crippen LogP contribution in [0, 0.1) is 0 Å². The van der Waals surface area contributed by atoms with Gasteiger partial charge in [0, 0.05) is 43.2 Å². The fourth-order valence-electron chi connectivity index (χ4n) is 2.86. The number of amides is 1. The van der Waals surface area contributed by atoms with Crippen LogP contribution in [0.2, 0.25) is 0 Å². The lowest BCUT2D eigenvalue weighted by Gasteiger charge is -2.33. The van der Waals surface area contributed by atoms with E-state index in [2.05, 4.69) is 19.9 Å². The molecule has 3 heterocycles. The number of carbonyl (C=O) groups excluding carboxylic acids is 1. The van der Waals surface area contributed by atoms with Crippen molar-refractivity contribution >= 4 is 5.91 Å². The summed E-state index contributed by atoms with van der Waals surface area (Å²) in [6.07, 6.45) is 5.83. The van der Waals surface area contributed by atoms with E-state index in [1.165, 1.54) is 12.4 Å². The molecule has 0 aromatic carbocycles. The van der Waals surface area contributed by atoms with E-state index in [0.29, 0.717) is 38.1 Å². The molecule has 8 nitrogen and oxygen atoms in total. The normalized spacial score (nSPS) is 17.5. The Labute approximate surface area is 151 Å². The molecule has 0 aliphatic carbocycles. The van der Waals surface area contributed by atoms with Gasteiger partial charge in [0.05, 0.1) is 24.6 Å². The topological polar surface area (TPSA) is 101 Å². The lowest BCUT2D eigenvalue weighted by atomic mass is 10.1. The summed E-state index contributed by atoms with van der Waals surface area (Å²) in [6.45, 7) is 5.57. The third-order valence-corrected chi connectivity index (χ3v) is 4.32. The number of carbonyl (C=O) groups is 1. The maximum absolute atomic E-state index is 12.7. The Morgan fingerprint density at radius 3 is 2.81 bits per heavy atom. The number of ether oxygens (including phenoxy) is 1. The van der Waals surface area contributed by atoms with E-state index in [4.69, 9.17) is 4.74 Å². The molecular weight excluding hydrogens is 334 g/mol. The van der Waals surface area contributed by atoms with Crippen LogP contribution < -0.4 is 5.56 Å². The van der Waals surface area contributed by atoms with Crippen LogP contribution in [0.1, 0.15) is 48.1 Å². The first-order valence-corrected chi connectivity index (χ1v) is 8.79. The molecule has 1 N–H and O–H groups in total. The lowest BCUT2D eigenvalue weighted by Crippen LogP contribution is -2.45. The summed E-state index contributed by atoms with van der Waals surface area (Å²) in [5.41, 5.74) is 1.05. The van der Waals surface area contributed by atoms with E-state index in [0.717, 1.165) is 11.5 Å². The minimum Gasteiger partial charge on any atom is -0.375 e. The van der Waals surface area contributed by atoms with Crippen molar-refractivity contribution in [2.45, 2.75) is 38.7 Å². The number of H-pyrrole nitrogens is 1. The van der Waals surface area contributed by atoms with Gasteiger partial charge in [-0.1, -0.05) is 13.8 Å². The quantitative estimate of drug-likeness (QED) is 0.862. The molecule has 1 aliphatic heterocycles. The molecule has 26 heavy (non-hydrogen) atoms. The zero-order valence-corrected chi connectivity index (χ0v) is 15.0. The predicted molar refractivity (Wildman–Crippen MR) is 94.9 cm³/mol. The smallest absolute Gasteiger partial charge is 0.257 e. The number of nitrogens with zero attached hydrogens (tertiary/aromatic N) is 4. The van der Waals surface area contributed by atoms with E-state index in [9.17, 15) is 9.59 Å². The van der Waals surface area contributed by atoms with Crippen LogP contribution in [0.5, 0.6) is 0 Å². The van der Waals surface area contributed by atoms with Gasteiger partial charge in [-0.3, -0.25) is 9.59 Å². The minimum atomic E-state index is -0.166. The van der Waals surface area contributed by atoms with E-state index in [1.807, 2.05) is 13.8 Å². The Kier molecular flexibility index (Phi) is 5.72. The summed E-state index contributed by atoms with van der Waals surface area (Å²) in [7, 11) is 0. The summed E-state index contributed by atoms with van der Waals surface area (Å²) in [4.78, 5) is 40.9. The molecule has 1 aliphatic rings. The molecule has 2 aromatic rings. The number of hydrogen-bond acceptors (Lipinski definition) is 6. The van der Waals surface area contributed by atoms with E-state index in [-0.39, 0.29) is 23.5 Å². The Morgan fingerprint density at radius 2 is 2.12 bits per heavy atom. The molecule has 0 spiro atoms. The third kappa shape index (κ3) is 4.51. The van der Waals surface area contributed by atoms with Gasteiger partial charge in [0.25, 0.3) is 11.5 Å². The van der Waals surface area contributed by atoms with Crippen molar-refractivity contribution in [3.8, 4) is 0 Å². The number of aryl methyl sites for hydroxylation is 1. The number of rotatable bonds is 5. The number of aromatic nitrogens is 4. The van der Waals surface area contributed by atoms with Crippen LogP contribution in [0.3, 0.4) is 0 Å². The second kappa shape index (κ2) is 8.18. The standard InChI is InChI=1S/C18H23N5O3/c1-12(2)17-19-8-13(9-20-17)18(25)23-5-6-26-15(10-23)4-3-14-7-16(24)22-11-21-14/h7-9,11-12,15H,3-6,10H2,1-2H3,(H,21,22,24)/t15-/m1/s1. The Hall–Kier alpha value is -2.61. The summed E-state index contributed by atoms with van der Waals surface area (Å²) in [5, 5.41) is 0. The molecule has 1 amide bonds. The van der Waals surface area contributed by atoms with E-state index < -0.39 is 0 Å². The Balaban J connectivity index is 1.58. The number of morpholine rings is 1. The van der Waals surface area contributed by atoms with Crippen LogP contribution in [0.15, 0.2) is 29.6 Å². The van der Waals surface area contributed by atoms with Gasteiger partial charge >= 0.3 is 0 Å². The molecule has 8 heteroatoms. The highest BCUT2D eigenvalue weighted by molar-refractivity contribution is 5.93. The molecule has 0 unspecified atom stereocenters. The second-order valence-electron chi connectivity index (χ2n) is 6.67. The Morgan fingerprint density at radius 1 is 1.35 bits per heavy atom. The predicted octanol–water partition coefficient (Wildman–Crippen LogP) is 1.16. The summed E-state index contributed by atoms with van der Waals surface area (Å²) in [6, 6.07) is 1.49. The number of aromatic amines is 1. The maximum atomic E-state index is 12.7. The molecule has 0 saturated carbocycles. The maximum Gasteiger partial charge on any atom is 0.257 e. The van der Waals surface area contributed by atoms with Crippen molar-refractivity contribution < 1.29 is 9.53 Å².